The van der Waals surface area contributed by atoms with Gasteiger partial charge >= 0.3 is 7.82 Å². The lowest BCUT2D eigenvalue weighted by molar-refractivity contribution is 0.102. The molecule has 3 N–H and O–H groups in total. The van der Waals surface area contributed by atoms with E-state index in [1.54, 1.807) is 24.3 Å². The Morgan fingerprint density at radius 1 is 0.964 bits per heavy atom. The number of hydrogen-bond acceptors (Lipinski definition) is 3. The largest absolute Gasteiger partial charge is 0.524 e. The van der Waals surface area contributed by atoms with Gasteiger partial charge in [-0.05, 0) is 42.7 Å². The van der Waals surface area contributed by atoms with Gasteiger partial charge in [0, 0.05) is 5.56 Å². The van der Waals surface area contributed by atoms with Crippen molar-refractivity contribution in [3.63, 3.8) is 0 Å². The maximum absolute atomic E-state index is 12.4. The summed E-state index contributed by atoms with van der Waals surface area (Å²) in [6.07, 6.45) is 8.47. The Labute approximate surface area is 166 Å². The molecule has 2 aromatic rings. The van der Waals surface area contributed by atoms with E-state index in [0.29, 0.717) is 5.56 Å². The zero-order chi connectivity index (χ0) is 20.4. The molecule has 6 nitrogen and oxygen atoms in total. The summed E-state index contributed by atoms with van der Waals surface area (Å²) in [5, 5.41) is 2.63. The van der Waals surface area contributed by atoms with Gasteiger partial charge in [-0.25, -0.2) is 4.57 Å². The third-order valence-corrected chi connectivity index (χ3v) is 4.82. The minimum Gasteiger partial charge on any atom is -0.402 e. The fourth-order valence-electron chi connectivity index (χ4n) is 2.90. The molecule has 0 unspecified atom stereocenters. The number of hydrogen-bond donors (Lipinski definition) is 3. The molecule has 28 heavy (non-hydrogen) atoms. The number of benzene rings is 2. The quantitative estimate of drug-likeness (QED) is 0.348. The van der Waals surface area contributed by atoms with Crippen LogP contribution < -0.4 is 9.84 Å². The van der Waals surface area contributed by atoms with Crippen molar-refractivity contribution < 1.29 is 23.7 Å². The number of unbranched alkanes of at least 4 members (excludes halogenated alkanes) is 5. The van der Waals surface area contributed by atoms with Gasteiger partial charge in [0.1, 0.15) is 0 Å². The molecule has 0 atom stereocenters. The number of phosphoric ester groups is 1. The molecule has 0 heterocycles. The van der Waals surface area contributed by atoms with Crippen molar-refractivity contribution in [2.45, 2.75) is 51.9 Å². The molecule has 2 rings (SSSR count). The summed E-state index contributed by atoms with van der Waals surface area (Å²) >= 11 is 0. The molecule has 0 saturated heterocycles. The van der Waals surface area contributed by atoms with E-state index in [1.807, 2.05) is 12.1 Å². The van der Waals surface area contributed by atoms with E-state index in [9.17, 15) is 9.36 Å². The van der Waals surface area contributed by atoms with Crippen LogP contribution in [0.4, 0.5) is 5.69 Å². The molecule has 1 amide bonds. The van der Waals surface area contributed by atoms with Crippen LogP contribution in [0.5, 0.6) is 5.75 Å². The van der Waals surface area contributed by atoms with Crippen molar-refractivity contribution in [2.75, 3.05) is 5.32 Å². The van der Waals surface area contributed by atoms with Crippen LogP contribution in [0, 0.1) is 0 Å². The molecule has 0 spiro atoms. The Bertz CT molecular complexity index is 801. The number of aryl methyl sites for hydroxylation is 1. The van der Waals surface area contributed by atoms with Crippen molar-refractivity contribution in [1.29, 1.82) is 0 Å². The smallest absolute Gasteiger partial charge is 0.402 e. The van der Waals surface area contributed by atoms with E-state index in [4.69, 9.17) is 9.79 Å². The highest BCUT2D eigenvalue weighted by molar-refractivity contribution is 7.46. The second kappa shape index (κ2) is 11.0. The Balaban J connectivity index is 1.91. The average molecular weight is 405 g/mol. The van der Waals surface area contributed by atoms with Gasteiger partial charge in [0.15, 0.2) is 5.75 Å². The van der Waals surface area contributed by atoms with E-state index in [2.05, 4.69) is 16.8 Å². The first-order chi connectivity index (χ1) is 13.4. The zero-order valence-corrected chi connectivity index (χ0v) is 17.0. The van der Waals surface area contributed by atoms with Crippen molar-refractivity contribution >= 4 is 19.4 Å². The van der Waals surface area contributed by atoms with Crippen LogP contribution in [-0.2, 0) is 11.0 Å². The van der Waals surface area contributed by atoms with Gasteiger partial charge in [0.25, 0.3) is 5.91 Å². The topological polar surface area (TPSA) is 95.9 Å². The van der Waals surface area contributed by atoms with Crippen LogP contribution >= 0.6 is 7.82 Å². The van der Waals surface area contributed by atoms with Crippen LogP contribution in [0.1, 0.15) is 61.4 Å². The van der Waals surface area contributed by atoms with Gasteiger partial charge in [-0.3, -0.25) is 14.6 Å². The standard InChI is InChI=1S/C21H28NO5P/c1-2-3-4-5-6-7-10-17-13-15-18(16-14-17)21(23)22-19-11-8-9-12-20(19)27-28(24,25)26/h8-9,11-16H,2-7,10H2,1H3,(H,22,23)(H2,24,25,26). The van der Waals surface area contributed by atoms with Crippen molar-refractivity contribution in [3.05, 3.63) is 59.7 Å². The lowest BCUT2D eigenvalue weighted by atomic mass is 10.0. The van der Waals surface area contributed by atoms with Gasteiger partial charge in [-0.2, -0.15) is 0 Å². The molecule has 0 saturated carbocycles. The summed E-state index contributed by atoms with van der Waals surface area (Å²) in [5.41, 5.74) is 1.86. The Morgan fingerprint density at radius 3 is 2.29 bits per heavy atom. The highest BCUT2D eigenvalue weighted by Crippen LogP contribution is 2.40. The van der Waals surface area contributed by atoms with E-state index in [1.165, 1.54) is 49.8 Å². The van der Waals surface area contributed by atoms with Gasteiger partial charge in [-0.1, -0.05) is 63.3 Å². The maximum atomic E-state index is 12.4. The fourth-order valence-corrected chi connectivity index (χ4v) is 3.32. The van der Waals surface area contributed by atoms with Crippen LogP contribution in [-0.4, -0.2) is 15.7 Å². The Morgan fingerprint density at radius 2 is 1.61 bits per heavy atom. The molecule has 0 aliphatic rings. The van der Waals surface area contributed by atoms with E-state index >= 15 is 0 Å². The number of carbonyl (C=O) groups excluding carboxylic acids is 1. The molecule has 0 bridgehead atoms. The lowest BCUT2D eigenvalue weighted by Gasteiger charge is -2.12. The average Bonchev–Trinajstić information content (AvgIpc) is 2.65. The number of anilines is 1. The monoisotopic (exact) mass is 405 g/mol. The van der Waals surface area contributed by atoms with Crippen LogP contribution in [0.15, 0.2) is 48.5 Å². The van der Waals surface area contributed by atoms with Gasteiger partial charge in [-0.15, -0.1) is 0 Å². The van der Waals surface area contributed by atoms with Gasteiger partial charge < -0.3 is 9.84 Å². The lowest BCUT2D eigenvalue weighted by Crippen LogP contribution is -2.12. The first-order valence-electron chi connectivity index (χ1n) is 9.63. The predicted molar refractivity (Wildman–Crippen MR) is 111 cm³/mol. The highest BCUT2D eigenvalue weighted by atomic mass is 31.2. The minimum absolute atomic E-state index is 0.0797. The summed E-state index contributed by atoms with van der Waals surface area (Å²) in [4.78, 5) is 30.4. The summed E-state index contributed by atoms with van der Waals surface area (Å²) in [7, 11) is -4.71. The van der Waals surface area contributed by atoms with Gasteiger partial charge in [0.05, 0.1) is 5.69 Å². The van der Waals surface area contributed by atoms with Crippen LogP contribution in [0.25, 0.3) is 0 Å². The van der Waals surface area contributed by atoms with Crippen molar-refractivity contribution in [2.24, 2.45) is 0 Å². The molecule has 0 aliphatic heterocycles. The van der Waals surface area contributed by atoms with E-state index in [-0.39, 0.29) is 17.3 Å². The molecule has 152 valence electrons. The SMILES string of the molecule is CCCCCCCCc1ccc(C(=O)Nc2ccccc2OP(=O)(O)O)cc1. The third-order valence-electron chi connectivity index (χ3n) is 4.39. The Hall–Kier alpha value is -2.14. The summed E-state index contributed by atoms with van der Waals surface area (Å²) < 4.78 is 15.7. The Kier molecular flexibility index (Phi) is 8.71. The van der Waals surface area contributed by atoms with Gasteiger partial charge in [0.2, 0.25) is 0 Å². The summed E-state index contributed by atoms with van der Waals surface area (Å²) in [5.74, 6) is -0.447. The van der Waals surface area contributed by atoms with Crippen LogP contribution in [0.2, 0.25) is 0 Å². The normalized spacial score (nSPS) is 11.2. The highest BCUT2D eigenvalue weighted by Gasteiger charge is 2.19. The molecule has 0 radical (unpaired) electrons. The number of nitrogens with one attached hydrogen (secondary N) is 1. The van der Waals surface area contributed by atoms with E-state index < -0.39 is 7.82 Å². The second-order valence-electron chi connectivity index (χ2n) is 6.75. The fraction of sp³-hybridized carbons (Fsp3) is 0.381. The van der Waals surface area contributed by atoms with Crippen molar-refractivity contribution in [3.8, 4) is 5.75 Å². The summed E-state index contributed by atoms with van der Waals surface area (Å²) in [6, 6.07) is 13.5. The maximum Gasteiger partial charge on any atom is 0.524 e. The molecule has 7 heteroatoms. The molecule has 0 fully saturated rings. The first-order valence-corrected chi connectivity index (χ1v) is 11.2. The second-order valence-corrected chi connectivity index (χ2v) is 7.91. The number of amides is 1. The number of para-hydroxylation sites is 2. The zero-order valence-electron chi connectivity index (χ0n) is 16.1. The van der Waals surface area contributed by atoms with Crippen molar-refractivity contribution in [1.82, 2.24) is 0 Å². The molecular weight excluding hydrogens is 377 g/mol. The van der Waals surface area contributed by atoms with Crippen LogP contribution in [0.3, 0.4) is 0 Å². The molecule has 2 aromatic carbocycles. The summed E-state index contributed by atoms with van der Waals surface area (Å²) in [6.45, 7) is 2.21. The predicted octanol–water partition coefficient (Wildman–Crippen LogP) is 5.31. The third kappa shape index (κ3) is 7.85. The number of rotatable bonds is 11. The minimum atomic E-state index is -4.71. The first kappa shape index (κ1) is 22.2. The molecule has 0 aliphatic carbocycles. The number of carbonyl (C=O) groups is 1. The number of phosphoric acid groups is 1. The molecular formula is C21H28NO5P. The van der Waals surface area contributed by atoms with E-state index in [0.717, 1.165) is 12.8 Å². The molecule has 0 aromatic heterocycles.